The topological polar surface area (TPSA) is 98.1 Å². The second-order valence-electron chi connectivity index (χ2n) is 7.96. The third-order valence-electron chi connectivity index (χ3n) is 6.17. The zero-order valence-corrected chi connectivity index (χ0v) is 16.8. The van der Waals surface area contributed by atoms with Crippen LogP contribution >= 0.6 is 11.6 Å². The van der Waals surface area contributed by atoms with Gasteiger partial charge in [0.15, 0.2) is 0 Å². The number of halogens is 2. The summed E-state index contributed by atoms with van der Waals surface area (Å²) in [5, 5.41) is 8.75. The number of benzene rings is 1. The molecule has 0 radical (unpaired) electrons. The molecule has 1 unspecified atom stereocenters. The number of pyridine rings is 1. The van der Waals surface area contributed by atoms with E-state index in [0.717, 1.165) is 32.4 Å². The van der Waals surface area contributed by atoms with E-state index in [1.807, 2.05) is 0 Å². The molecule has 1 saturated carbocycles. The Kier molecular flexibility index (Phi) is 4.47. The van der Waals surface area contributed by atoms with Gasteiger partial charge in [0.05, 0.1) is 10.6 Å². The van der Waals surface area contributed by atoms with E-state index in [1.54, 1.807) is 18.2 Å². The van der Waals surface area contributed by atoms with Crippen molar-refractivity contribution in [3.63, 3.8) is 0 Å². The average Bonchev–Trinajstić information content (AvgIpc) is 3.20. The standard InChI is InChI=1S/C21H19ClFN5O2/c22-16-9-13(17(24)29)11-25-18(16)28-6-4-21(5-7-28)10-15(21)20-27-26-19(30-20)12-2-1-3-14(23)8-12/h1-3,8-9,11,15H,4-7,10H2,(H2,24,29). The summed E-state index contributed by atoms with van der Waals surface area (Å²) in [5.41, 5.74) is 6.30. The smallest absolute Gasteiger partial charge is 0.250 e. The van der Waals surface area contributed by atoms with Crippen molar-refractivity contribution < 1.29 is 13.6 Å². The average molecular weight is 428 g/mol. The third-order valence-corrected chi connectivity index (χ3v) is 6.44. The second kappa shape index (κ2) is 7.05. The van der Waals surface area contributed by atoms with Crippen molar-refractivity contribution in [1.29, 1.82) is 0 Å². The van der Waals surface area contributed by atoms with Crippen LogP contribution in [0.25, 0.3) is 11.5 Å². The zero-order valence-electron chi connectivity index (χ0n) is 16.0. The first-order valence-electron chi connectivity index (χ1n) is 9.75. The van der Waals surface area contributed by atoms with Crippen LogP contribution in [0.1, 0.15) is 41.4 Å². The van der Waals surface area contributed by atoms with Crippen LogP contribution < -0.4 is 10.6 Å². The van der Waals surface area contributed by atoms with Crippen molar-refractivity contribution in [2.45, 2.75) is 25.2 Å². The molecule has 1 aromatic carbocycles. The molecule has 1 atom stereocenters. The van der Waals surface area contributed by atoms with Gasteiger partial charge >= 0.3 is 0 Å². The summed E-state index contributed by atoms with van der Waals surface area (Å²) >= 11 is 6.32. The Hall–Kier alpha value is -3.00. The molecule has 9 heteroatoms. The maximum absolute atomic E-state index is 13.5. The minimum Gasteiger partial charge on any atom is -0.420 e. The van der Waals surface area contributed by atoms with Crippen molar-refractivity contribution in [1.82, 2.24) is 15.2 Å². The van der Waals surface area contributed by atoms with Crippen LogP contribution in [0.3, 0.4) is 0 Å². The quantitative estimate of drug-likeness (QED) is 0.680. The number of primary amides is 1. The Balaban J connectivity index is 1.26. The molecule has 1 aliphatic carbocycles. The number of carbonyl (C=O) groups is 1. The molecular formula is C21H19ClFN5O2. The Labute approximate surface area is 177 Å². The third kappa shape index (κ3) is 3.31. The number of hydrogen-bond acceptors (Lipinski definition) is 6. The first kappa shape index (κ1) is 19.0. The van der Waals surface area contributed by atoms with Crippen molar-refractivity contribution in [2.75, 3.05) is 18.0 Å². The molecule has 1 saturated heterocycles. The van der Waals surface area contributed by atoms with Gasteiger partial charge in [-0.15, -0.1) is 10.2 Å². The number of nitrogens with two attached hydrogens (primary N) is 1. The Morgan fingerprint density at radius 2 is 2.07 bits per heavy atom. The predicted octanol–water partition coefficient (Wildman–Crippen LogP) is 3.80. The second-order valence-corrected chi connectivity index (χ2v) is 8.36. The summed E-state index contributed by atoms with van der Waals surface area (Å²) in [7, 11) is 0. The Morgan fingerprint density at radius 3 is 2.77 bits per heavy atom. The lowest BCUT2D eigenvalue weighted by Gasteiger charge is -2.34. The van der Waals surface area contributed by atoms with E-state index in [4.69, 9.17) is 21.8 Å². The molecule has 5 rings (SSSR count). The van der Waals surface area contributed by atoms with Crippen LogP contribution in [-0.4, -0.2) is 34.2 Å². The molecule has 1 spiro atoms. The van der Waals surface area contributed by atoms with Gasteiger partial charge in [-0.3, -0.25) is 4.79 Å². The lowest BCUT2D eigenvalue weighted by molar-refractivity contribution is 0.1000. The lowest BCUT2D eigenvalue weighted by Crippen LogP contribution is -2.35. The van der Waals surface area contributed by atoms with Gasteiger partial charge in [0, 0.05) is 30.8 Å². The fraction of sp³-hybridized carbons (Fsp3) is 0.333. The maximum Gasteiger partial charge on any atom is 0.250 e. The molecule has 2 aromatic heterocycles. The molecule has 3 heterocycles. The number of hydrogen-bond donors (Lipinski definition) is 1. The highest BCUT2D eigenvalue weighted by Gasteiger charge is 2.58. The number of nitrogens with zero attached hydrogens (tertiary/aromatic N) is 4. The van der Waals surface area contributed by atoms with Gasteiger partial charge in [-0.05, 0) is 48.9 Å². The van der Waals surface area contributed by atoms with E-state index in [0.29, 0.717) is 33.7 Å². The van der Waals surface area contributed by atoms with Gasteiger partial charge in [0.25, 0.3) is 0 Å². The number of rotatable bonds is 4. The predicted molar refractivity (Wildman–Crippen MR) is 109 cm³/mol. The minimum absolute atomic E-state index is 0.141. The molecule has 1 aliphatic heterocycles. The summed E-state index contributed by atoms with van der Waals surface area (Å²) in [5.74, 6) is 0.958. The number of aromatic nitrogens is 3. The summed E-state index contributed by atoms with van der Waals surface area (Å²) in [6.45, 7) is 1.59. The van der Waals surface area contributed by atoms with E-state index in [2.05, 4.69) is 20.1 Å². The van der Waals surface area contributed by atoms with E-state index in [9.17, 15) is 9.18 Å². The Morgan fingerprint density at radius 1 is 1.27 bits per heavy atom. The van der Waals surface area contributed by atoms with Crippen LogP contribution in [0.4, 0.5) is 10.2 Å². The van der Waals surface area contributed by atoms with E-state index >= 15 is 0 Å². The summed E-state index contributed by atoms with van der Waals surface area (Å²) in [4.78, 5) is 17.7. The molecule has 2 fully saturated rings. The van der Waals surface area contributed by atoms with E-state index in [1.165, 1.54) is 18.3 Å². The highest BCUT2D eigenvalue weighted by atomic mass is 35.5. The Bertz CT molecular complexity index is 1130. The fourth-order valence-corrected chi connectivity index (χ4v) is 4.61. The van der Waals surface area contributed by atoms with Crippen LogP contribution in [-0.2, 0) is 0 Å². The number of amides is 1. The monoisotopic (exact) mass is 427 g/mol. The zero-order chi connectivity index (χ0) is 20.9. The molecule has 154 valence electrons. The van der Waals surface area contributed by atoms with Crippen LogP contribution in [0.2, 0.25) is 5.02 Å². The molecule has 7 nitrogen and oxygen atoms in total. The molecule has 2 aliphatic rings. The number of piperidine rings is 1. The first-order chi connectivity index (χ1) is 14.4. The van der Waals surface area contributed by atoms with Gasteiger partial charge in [-0.25, -0.2) is 9.37 Å². The largest absolute Gasteiger partial charge is 0.420 e. The highest BCUT2D eigenvalue weighted by Crippen LogP contribution is 2.64. The van der Waals surface area contributed by atoms with Gasteiger partial charge in [0.1, 0.15) is 11.6 Å². The van der Waals surface area contributed by atoms with Crippen LogP contribution in [0.15, 0.2) is 40.9 Å². The van der Waals surface area contributed by atoms with Gasteiger partial charge in [0.2, 0.25) is 17.7 Å². The molecule has 30 heavy (non-hydrogen) atoms. The molecular weight excluding hydrogens is 409 g/mol. The summed E-state index contributed by atoms with van der Waals surface area (Å²) in [6, 6.07) is 7.70. The van der Waals surface area contributed by atoms with Gasteiger partial charge < -0.3 is 15.1 Å². The van der Waals surface area contributed by atoms with E-state index < -0.39 is 5.91 Å². The SMILES string of the molecule is NC(=O)c1cnc(N2CCC3(CC2)CC3c2nnc(-c3cccc(F)c3)o2)c(Cl)c1. The molecule has 1 amide bonds. The minimum atomic E-state index is -0.550. The van der Waals surface area contributed by atoms with Crippen molar-refractivity contribution in [3.8, 4) is 11.5 Å². The van der Waals surface area contributed by atoms with Crippen molar-refractivity contribution in [2.24, 2.45) is 11.1 Å². The van der Waals surface area contributed by atoms with E-state index in [-0.39, 0.29) is 17.2 Å². The van der Waals surface area contributed by atoms with Crippen LogP contribution in [0.5, 0.6) is 0 Å². The lowest BCUT2D eigenvalue weighted by atomic mass is 9.90. The fourth-order valence-electron chi connectivity index (χ4n) is 4.32. The summed E-state index contributed by atoms with van der Waals surface area (Å²) in [6.07, 6.45) is 4.35. The molecule has 0 bridgehead atoms. The molecule has 2 N–H and O–H groups in total. The number of carbonyl (C=O) groups excluding carboxylic acids is 1. The maximum atomic E-state index is 13.5. The van der Waals surface area contributed by atoms with Gasteiger partial charge in [-0.2, -0.15) is 0 Å². The molecule has 3 aromatic rings. The summed E-state index contributed by atoms with van der Waals surface area (Å²) < 4.78 is 19.3. The normalized spacial score (nSPS) is 19.8. The van der Waals surface area contributed by atoms with Gasteiger partial charge in [-0.1, -0.05) is 17.7 Å². The van der Waals surface area contributed by atoms with Crippen molar-refractivity contribution >= 4 is 23.3 Å². The highest BCUT2D eigenvalue weighted by molar-refractivity contribution is 6.33. The van der Waals surface area contributed by atoms with Crippen molar-refractivity contribution in [3.05, 3.63) is 58.8 Å². The first-order valence-corrected chi connectivity index (χ1v) is 10.1. The number of anilines is 1. The van der Waals surface area contributed by atoms with Crippen LogP contribution in [0, 0.1) is 11.2 Å².